The fourth-order valence-corrected chi connectivity index (χ4v) is 2.11. The number of alkyl halides is 3. The number of aliphatic carboxylic acids is 1. The van der Waals surface area contributed by atoms with Crippen LogP contribution in [0, 0.1) is 0 Å². The second-order valence-electron chi connectivity index (χ2n) is 5.30. The van der Waals surface area contributed by atoms with Crippen molar-refractivity contribution in [1.82, 2.24) is 5.32 Å². The van der Waals surface area contributed by atoms with E-state index in [0.717, 1.165) is 0 Å². The molecule has 1 amide bonds. The van der Waals surface area contributed by atoms with E-state index in [-0.39, 0.29) is 0 Å². The Morgan fingerprint density at radius 3 is 2.48 bits per heavy atom. The van der Waals surface area contributed by atoms with Gasteiger partial charge in [-0.2, -0.15) is 13.2 Å². The normalized spacial score (nSPS) is 14.0. The minimum absolute atomic E-state index is 0.430. The number of carbonyl (C=O) groups is 2. The summed E-state index contributed by atoms with van der Waals surface area (Å²) in [4.78, 5) is 22.9. The number of carbonyl (C=O) groups excluding carboxylic acids is 1. The van der Waals surface area contributed by atoms with Gasteiger partial charge >= 0.3 is 12.1 Å². The van der Waals surface area contributed by atoms with Gasteiger partial charge in [0.1, 0.15) is 5.75 Å². The molecule has 0 bridgehead atoms. The summed E-state index contributed by atoms with van der Waals surface area (Å²) >= 11 is 0. The van der Waals surface area contributed by atoms with Gasteiger partial charge in [0.25, 0.3) is 0 Å². The monoisotopic (exact) mass is 333 g/mol. The van der Waals surface area contributed by atoms with Gasteiger partial charge in [0.2, 0.25) is 5.91 Å². The largest absolute Gasteiger partial charge is 0.497 e. The molecule has 0 aromatic heterocycles. The lowest BCUT2D eigenvalue weighted by atomic mass is 9.88. The van der Waals surface area contributed by atoms with E-state index in [1.807, 2.05) is 0 Å². The van der Waals surface area contributed by atoms with Crippen molar-refractivity contribution in [3.8, 4) is 5.75 Å². The van der Waals surface area contributed by atoms with Gasteiger partial charge in [-0.15, -0.1) is 0 Å². The van der Waals surface area contributed by atoms with E-state index >= 15 is 0 Å². The zero-order chi connectivity index (χ0) is 17.7. The van der Waals surface area contributed by atoms with Crippen LogP contribution in [0.4, 0.5) is 13.2 Å². The highest BCUT2D eigenvalue weighted by atomic mass is 19.4. The molecule has 5 nitrogen and oxygen atoms in total. The Hall–Kier alpha value is -2.25. The van der Waals surface area contributed by atoms with Crippen molar-refractivity contribution in [2.24, 2.45) is 0 Å². The van der Waals surface area contributed by atoms with Crippen LogP contribution >= 0.6 is 0 Å². The van der Waals surface area contributed by atoms with Crippen molar-refractivity contribution in [2.45, 2.75) is 37.9 Å². The highest BCUT2D eigenvalue weighted by molar-refractivity contribution is 5.78. The third-order valence-electron chi connectivity index (χ3n) is 3.26. The van der Waals surface area contributed by atoms with Gasteiger partial charge < -0.3 is 15.2 Å². The minimum atomic E-state index is -4.45. The first kappa shape index (κ1) is 18.8. The van der Waals surface area contributed by atoms with E-state index in [1.165, 1.54) is 20.1 Å². The molecule has 2 N–H and O–H groups in total. The molecule has 23 heavy (non-hydrogen) atoms. The first-order valence-corrected chi connectivity index (χ1v) is 6.80. The molecule has 0 saturated heterocycles. The molecule has 0 aliphatic carbocycles. The number of hydrogen-bond acceptors (Lipinski definition) is 3. The molecule has 1 atom stereocenters. The van der Waals surface area contributed by atoms with Gasteiger partial charge in [-0.25, -0.2) is 0 Å². The van der Waals surface area contributed by atoms with Gasteiger partial charge in [0.15, 0.2) is 0 Å². The first-order valence-electron chi connectivity index (χ1n) is 6.80. The summed E-state index contributed by atoms with van der Waals surface area (Å²) in [6.07, 6.45) is -6.95. The van der Waals surface area contributed by atoms with Crippen molar-refractivity contribution in [3.05, 3.63) is 29.8 Å². The number of carboxylic acid groups (broad SMARTS) is 1. The maximum Gasteiger partial charge on any atom is 0.389 e. The van der Waals surface area contributed by atoms with Crippen LogP contribution in [0.15, 0.2) is 24.3 Å². The van der Waals surface area contributed by atoms with Crippen LogP contribution in [0.2, 0.25) is 0 Å². The van der Waals surface area contributed by atoms with Crippen molar-refractivity contribution in [3.63, 3.8) is 0 Å². The molecule has 8 heteroatoms. The van der Waals surface area contributed by atoms with Crippen molar-refractivity contribution in [1.29, 1.82) is 0 Å². The molecule has 0 spiro atoms. The zero-order valence-corrected chi connectivity index (χ0v) is 12.7. The lowest BCUT2D eigenvalue weighted by Crippen LogP contribution is -2.45. The van der Waals surface area contributed by atoms with Crippen LogP contribution in [0.3, 0.4) is 0 Å². The van der Waals surface area contributed by atoms with Crippen LogP contribution in [-0.4, -0.2) is 30.3 Å². The third-order valence-corrected chi connectivity index (χ3v) is 3.26. The number of nitrogens with one attached hydrogen (secondary N) is 1. The summed E-state index contributed by atoms with van der Waals surface area (Å²) in [5, 5.41) is 11.4. The SMILES string of the molecule is COc1cccc(C(C)(CC(=O)O)NC(=O)CCC(F)(F)F)c1. The van der Waals surface area contributed by atoms with Crippen molar-refractivity contribution >= 4 is 11.9 Å². The Kier molecular flexibility index (Phi) is 6.00. The van der Waals surface area contributed by atoms with Crippen LogP contribution in [0.25, 0.3) is 0 Å². The van der Waals surface area contributed by atoms with E-state index < -0.39 is 42.9 Å². The Bertz CT molecular complexity index is 574. The van der Waals surface area contributed by atoms with Crippen LogP contribution in [-0.2, 0) is 15.1 Å². The summed E-state index contributed by atoms with van der Waals surface area (Å²) in [5.74, 6) is -1.61. The van der Waals surface area contributed by atoms with Crippen molar-refractivity contribution < 1.29 is 32.6 Å². The number of halogens is 3. The van der Waals surface area contributed by atoms with Crippen LogP contribution in [0.1, 0.15) is 31.7 Å². The average molecular weight is 333 g/mol. The summed E-state index contributed by atoms with van der Waals surface area (Å²) < 4.78 is 41.6. The molecule has 0 radical (unpaired) electrons. The molecular formula is C15H18F3NO4. The lowest BCUT2D eigenvalue weighted by molar-refractivity contribution is -0.146. The van der Waals surface area contributed by atoms with E-state index in [1.54, 1.807) is 18.2 Å². The number of methoxy groups -OCH3 is 1. The topological polar surface area (TPSA) is 75.6 Å². The molecule has 0 aliphatic heterocycles. The summed E-state index contributed by atoms with van der Waals surface area (Å²) in [7, 11) is 1.43. The Labute approximate surface area is 131 Å². The Morgan fingerprint density at radius 1 is 1.30 bits per heavy atom. The maximum atomic E-state index is 12.2. The number of carboxylic acids is 1. The van der Waals surface area contributed by atoms with Gasteiger partial charge in [-0.3, -0.25) is 9.59 Å². The fraction of sp³-hybridized carbons (Fsp3) is 0.467. The van der Waals surface area contributed by atoms with Gasteiger partial charge in [0.05, 0.1) is 25.5 Å². The number of hydrogen-bond donors (Lipinski definition) is 2. The van der Waals surface area contributed by atoms with Gasteiger partial charge in [0, 0.05) is 6.42 Å². The molecule has 1 aromatic carbocycles. The van der Waals surface area contributed by atoms with Gasteiger partial charge in [-0.05, 0) is 24.6 Å². The molecule has 0 fully saturated rings. The summed E-state index contributed by atoms with van der Waals surface area (Å²) in [6, 6.07) is 6.36. The summed E-state index contributed by atoms with van der Waals surface area (Å²) in [6.45, 7) is 1.45. The van der Waals surface area contributed by atoms with E-state index in [0.29, 0.717) is 11.3 Å². The summed E-state index contributed by atoms with van der Waals surface area (Å²) in [5.41, 5.74) is -0.914. The highest BCUT2D eigenvalue weighted by Crippen LogP contribution is 2.28. The second-order valence-corrected chi connectivity index (χ2v) is 5.30. The highest BCUT2D eigenvalue weighted by Gasteiger charge is 2.34. The predicted octanol–water partition coefficient (Wildman–Crippen LogP) is 2.84. The van der Waals surface area contributed by atoms with E-state index in [4.69, 9.17) is 9.84 Å². The maximum absolute atomic E-state index is 12.2. The predicted molar refractivity (Wildman–Crippen MR) is 76.0 cm³/mol. The Morgan fingerprint density at radius 2 is 1.96 bits per heavy atom. The lowest BCUT2D eigenvalue weighted by Gasteiger charge is -2.30. The molecule has 0 saturated carbocycles. The number of ether oxygens (including phenoxy) is 1. The van der Waals surface area contributed by atoms with Crippen LogP contribution < -0.4 is 10.1 Å². The number of amides is 1. The van der Waals surface area contributed by atoms with E-state index in [2.05, 4.69) is 5.32 Å². The minimum Gasteiger partial charge on any atom is -0.497 e. The first-order chi connectivity index (χ1) is 10.6. The molecule has 1 rings (SSSR count). The zero-order valence-electron chi connectivity index (χ0n) is 12.7. The average Bonchev–Trinajstić information content (AvgIpc) is 2.43. The smallest absolute Gasteiger partial charge is 0.389 e. The molecule has 1 unspecified atom stereocenters. The quantitative estimate of drug-likeness (QED) is 0.804. The number of rotatable bonds is 7. The molecule has 128 valence electrons. The molecule has 0 heterocycles. The van der Waals surface area contributed by atoms with E-state index in [9.17, 15) is 22.8 Å². The van der Waals surface area contributed by atoms with Gasteiger partial charge in [-0.1, -0.05) is 12.1 Å². The standard InChI is InChI=1S/C15H18F3NO4/c1-14(9-13(21)22,10-4-3-5-11(8-10)23-2)19-12(20)6-7-15(16,17)18/h3-5,8H,6-7,9H2,1-2H3,(H,19,20)(H,21,22). The number of benzene rings is 1. The molecule has 0 aliphatic rings. The molecular weight excluding hydrogens is 315 g/mol. The van der Waals surface area contributed by atoms with Crippen molar-refractivity contribution in [2.75, 3.05) is 7.11 Å². The third kappa shape index (κ3) is 6.17. The second kappa shape index (κ2) is 7.34. The Balaban J connectivity index is 2.97. The van der Waals surface area contributed by atoms with Crippen LogP contribution in [0.5, 0.6) is 5.75 Å². The fourth-order valence-electron chi connectivity index (χ4n) is 2.11. The molecule has 1 aromatic rings.